The number of aryl methyl sites for hydroxylation is 1. The van der Waals surface area contributed by atoms with Crippen LogP contribution in [-0.4, -0.2) is 22.4 Å². The summed E-state index contributed by atoms with van der Waals surface area (Å²) in [6.45, 7) is 6.96. The van der Waals surface area contributed by atoms with Crippen molar-refractivity contribution in [2.45, 2.75) is 43.9 Å². The summed E-state index contributed by atoms with van der Waals surface area (Å²) < 4.78 is 13.2. The molecule has 26 heavy (non-hydrogen) atoms. The second-order valence-corrected chi connectivity index (χ2v) is 9.57. The second kappa shape index (κ2) is 9.47. The molecule has 1 amide bonds. The molecule has 1 N–H and O–H groups in total. The van der Waals surface area contributed by atoms with Crippen LogP contribution in [0.2, 0.25) is 0 Å². The van der Waals surface area contributed by atoms with Crippen molar-refractivity contribution in [3.8, 4) is 0 Å². The van der Waals surface area contributed by atoms with Crippen molar-refractivity contribution in [2.75, 3.05) is 12.3 Å². The van der Waals surface area contributed by atoms with Crippen LogP contribution < -0.4 is 5.32 Å². The van der Waals surface area contributed by atoms with Crippen LogP contribution in [0.15, 0.2) is 57.9 Å². The number of halogens is 1. The van der Waals surface area contributed by atoms with Gasteiger partial charge in [-0.25, -0.2) is 0 Å². The smallest absolute Gasteiger partial charge is 0.220 e. The second-order valence-electron chi connectivity index (χ2n) is 7.08. The lowest BCUT2D eigenvalue weighted by Crippen LogP contribution is -2.37. The zero-order valence-electron chi connectivity index (χ0n) is 15.5. The third kappa shape index (κ3) is 6.06. The summed E-state index contributed by atoms with van der Waals surface area (Å²) in [5, 5.41) is 3.03. The van der Waals surface area contributed by atoms with Crippen LogP contribution in [-0.2, 0) is 21.0 Å². The number of amides is 1. The lowest BCUT2D eigenvalue weighted by atomic mass is 9.82. The van der Waals surface area contributed by atoms with Crippen molar-refractivity contribution in [2.24, 2.45) is 0 Å². The van der Waals surface area contributed by atoms with Crippen molar-refractivity contribution in [1.82, 2.24) is 5.32 Å². The molecule has 0 fully saturated rings. The molecule has 0 aliphatic heterocycles. The van der Waals surface area contributed by atoms with Gasteiger partial charge in [0.1, 0.15) is 0 Å². The molecule has 2 aromatic carbocycles. The van der Waals surface area contributed by atoms with Gasteiger partial charge in [-0.3, -0.25) is 9.00 Å². The molecule has 0 aliphatic rings. The molecule has 0 saturated carbocycles. The Bertz CT molecular complexity index is 772. The van der Waals surface area contributed by atoms with Gasteiger partial charge in [0, 0.05) is 33.5 Å². The van der Waals surface area contributed by atoms with E-state index in [0.29, 0.717) is 25.1 Å². The molecule has 0 aliphatic carbocycles. The Morgan fingerprint density at radius 3 is 2.42 bits per heavy atom. The van der Waals surface area contributed by atoms with Gasteiger partial charge < -0.3 is 5.32 Å². The molecule has 1 atom stereocenters. The number of nitrogens with one attached hydrogen (secondary N) is 1. The van der Waals surface area contributed by atoms with E-state index in [2.05, 4.69) is 54.2 Å². The number of hydrogen-bond acceptors (Lipinski definition) is 2. The first-order valence-corrected chi connectivity index (χ1v) is 10.9. The van der Waals surface area contributed by atoms with Crippen LogP contribution in [0.1, 0.15) is 37.8 Å². The van der Waals surface area contributed by atoms with E-state index in [4.69, 9.17) is 0 Å². The molecular weight excluding hydrogens is 410 g/mol. The van der Waals surface area contributed by atoms with Crippen molar-refractivity contribution in [3.63, 3.8) is 0 Å². The number of hydrogen-bond donors (Lipinski definition) is 1. The fraction of sp³-hybridized carbons (Fsp3) is 0.381. The molecule has 2 rings (SSSR count). The molecule has 140 valence electrons. The average Bonchev–Trinajstić information content (AvgIpc) is 2.61. The topological polar surface area (TPSA) is 46.2 Å². The Labute approximate surface area is 167 Å². The minimum atomic E-state index is -1.06. The highest BCUT2D eigenvalue weighted by atomic mass is 79.9. The Hall–Kier alpha value is -1.46. The molecule has 0 spiro atoms. The van der Waals surface area contributed by atoms with Gasteiger partial charge in [-0.1, -0.05) is 54.0 Å². The maximum absolute atomic E-state index is 12.2. The highest BCUT2D eigenvalue weighted by Crippen LogP contribution is 2.25. The lowest BCUT2D eigenvalue weighted by molar-refractivity contribution is -0.121. The minimum absolute atomic E-state index is 0.0134. The third-order valence-electron chi connectivity index (χ3n) is 4.41. The summed E-state index contributed by atoms with van der Waals surface area (Å²) in [6, 6.07) is 15.7. The summed E-state index contributed by atoms with van der Waals surface area (Å²) in [4.78, 5) is 13.0. The van der Waals surface area contributed by atoms with Gasteiger partial charge in [0.25, 0.3) is 0 Å². The molecule has 2 aromatic rings. The lowest BCUT2D eigenvalue weighted by Gasteiger charge is -2.27. The summed E-state index contributed by atoms with van der Waals surface area (Å²) in [5.74, 6) is 0.510. The highest BCUT2D eigenvalue weighted by Gasteiger charge is 2.22. The van der Waals surface area contributed by atoms with E-state index in [9.17, 15) is 9.00 Å². The molecule has 5 heteroatoms. The molecule has 0 aromatic heterocycles. The van der Waals surface area contributed by atoms with E-state index in [-0.39, 0.29) is 11.3 Å². The van der Waals surface area contributed by atoms with E-state index in [1.54, 1.807) is 0 Å². The Morgan fingerprint density at radius 2 is 1.77 bits per heavy atom. The first-order valence-electron chi connectivity index (χ1n) is 8.76. The van der Waals surface area contributed by atoms with Crippen molar-refractivity contribution in [3.05, 3.63) is 64.1 Å². The van der Waals surface area contributed by atoms with Gasteiger partial charge in [-0.05, 0) is 48.7 Å². The number of carbonyl (C=O) groups excluding carboxylic acids is 1. The maximum Gasteiger partial charge on any atom is 0.220 e. The first-order chi connectivity index (χ1) is 12.3. The van der Waals surface area contributed by atoms with Crippen LogP contribution in [0.4, 0.5) is 0 Å². The summed E-state index contributed by atoms with van der Waals surface area (Å²) in [6.07, 6.45) is 1.01. The summed E-state index contributed by atoms with van der Waals surface area (Å²) >= 11 is 3.37. The molecule has 0 bridgehead atoms. The van der Waals surface area contributed by atoms with Gasteiger partial charge >= 0.3 is 0 Å². The summed E-state index contributed by atoms with van der Waals surface area (Å²) in [7, 11) is -1.06. The van der Waals surface area contributed by atoms with E-state index in [0.717, 1.165) is 9.37 Å². The van der Waals surface area contributed by atoms with Crippen molar-refractivity contribution < 1.29 is 9.00 Å². The Balaban J connectivity index is 1.77. The SMILES string of the molecule is Cc1ccccc1C(C)(C)CNC(=O)CCCS(=O)c1ccc(Br)cc1. The van der Waals surface area contributed by atoms with Gasteiger partial charge in [0.15, 0.2) is 0 Å². The van der Waals surface area contributed by atoms with E-state index < -0.39 is 10.8 Å². The Morgan fingerprint density at radius 1 is 1.12 bits per heavy atom. The largest absolute Gasteiger partial charge is 0.355 e. The zero-order valence-corrected chi connectivity index (χ0v) is 18.0. The molecule has 1 unspecified atom stereocenters. The fourth-order valence-electron chi connectivity index (χ4n) is 2.90. The van der Waals surface area contributed by atoms with Crippen molar-refractivity contribution >= 4 is 32.6 Å². The monoisotopic (exact) mass is 435 g/mol. The number of carbonyl (C=O) groups is 1. The quantitative estimate of drug-likeness (QED) is 0.650. The van der Waals surface area contributed by atoms with Gasteiger partial charge in [-0.2, -0.15) is 0 Å². The van der Waals surface area contributed by atoms with Crippen LogP contribution in [0.3, 0.4) is 0 Å². The predicted octanol–water partition coefficient (Wildman–Crippen LogP) is 4.74. The zero-order chi connectivity index (χ0) is 19.2. The van der Waals surface area contributed by atoms with Gasteiger partial charge in [0.05, 0.1) is 10.8 Å². The summed E-state index contributed by atoms with van der Waals surface area (Å²) in [5.41, 5.74) is 2.36. The van der Waals surface area contributed by atoms with Crippen LogP contribution in [0.25, 0.3) is 0 Å². The molecular formula is C21H26BrNO2S. The first kappa shape index (κ1) is 20.8. The average molecular weight is 436 g/mol. The standard InChI is InChI=1S/C21H26BrNO2S/c1-16-7-4-5-8-19(16)21(2,3)15-23-20(24)9-6-14-26(25)18-12-10-17(22)11-13-18/h4-5,7-8,10-13H,6,9,14-15H2,1-3H3,(H,23,24). The maximum atomic E-state index is 12.2. The molecule has 3 nitrogen and oxygen atoms in total. The minimum Gasteiger partial charge on any atom is -0.355 e. The van der Waals surface area contributed by atoms with E-state index in [1.165, 1.54) is 11.1 Å². The predicted molar refractivity (Wildman–Crippen MR) is 112 cm³/mol. The number of benzene rings is 2. The van der Waals surface area contributed by atoms with Gasteiger partial charge in [0.2, 0.25) is 5.91 Å². The van der Waals surface area contributed by atoms with Crippen LogP contribution in [0.5, 0.6) is 0 Å². The van der Waals surface area contributed by atoms with E-state index >= 15 is 0 Å². The molecule has 0 radical (unpaired) electrons. The normalized spacial score (nSPS) is 12.6. The molecule has 0 saturated heterocycles. The van der Waals surface area contributed by atoms with E-state index in [1.807, 2.05) is 36.4 Å². The number of rotatable bonds is 8. The third-order valence-corrected chi connectivity index (χ3v) is 6.40. The van der Waals surface area contributed by atoms with Gasteiger partial charge in [-0.15, -0.1) is 0 Å². The Kier molecular flexibility index (Phi) is 7.59. The van der Waals surface area contributed by atoms with Crippen LogP contribution in [0, 0.1) is 6.92 Å². The molecule has 0 heterocycles. The van der Waals surface area contributed by atoms with Crippen molar-refractivity contribution in [1.29, 1.82) is 0 Å². The fourth-order valence-corrected chi connectivity index (χ4v) is 4.25. The highest BCUT2D eigenvalue weighted by molar-refractivity contribution is 9.10. The van der Waals surface area contributed by atoms with Crippen LogP contribution >= 0.6 is 15.9 Å².